The van der Waals surface area contributed by atoms with Gasteiger partial charge in [-0.3, -0.25) is 4.79 Å². The van der Waals surface area contributed by atoms with Gasteiger partial charge in [-0.15, -0.1) is 0 Å². The van der Waals surface area contributed by atoms with Gasteiger partial charge in [-0.1, -0.05) is 29.3 Å². The Morgan fingerprint density at radius 2 is 2.06 bits per heavy atom. The van der Waals surface area contributed by atoms with Crippen LogP contribution in [0, 0.1) is 0 Å². The standard InChI is InChI=1S/C12H9Cl2NO3/c1-2-18-12(17)10(16)9-7-4-3-6(13)5-8(7)15-11(9)14/h3-5,15H,2H2,1H3. The van der Waals surface area contributed by atoms with E-state index in [1.165, 1.54) is 0 Å². The zero-order valence-corrected chi connectivity index (χ0v) is 10.9. The molecule has 0 amide bonds. The monoisotopic (exact) mass is 285 g/mol. The summed E-state index contributed by atoms with van der Waals surface area (Å²) in [7, 11) is 0. The second-order valence-corrected chi connectivity index (χ2v) is 4.37. The molecular weight excluding hydrogens is 277 g/mol. The van der Waals surface area contributed by atoms with E-state index in [0.29, 0.717) is 15.9 Å². The quantitative estimate of drug-likeness (QED) is 0.535. The van der Waals surface area contributed by atoms with E-state index in [2.05, 4.69) is 9.72 Å². The van der Waals surface area contributed by atoms with Gasteiger partial charge in [0.05, 0.1) is 12.2 Å². The Morgan fingerprint density at radius 3 is 2.72 bits per heavy atom. The Hall–Kier alpha value is -1.52. The minimum absolute atomic E-state index is 0.102. The van der Waals surface area contributed by atoms with E-state index in [9.17, 15) is 9.59 Å². The number of Topliss-reactive ketones (excluding diaryl/α,β-unsaturated/α-hetero) is 1. The molecule has 0 spiro atoms. The number of H-pyrrole nitrogens is 1. The van der Waals surface area contributed by atoms with Gasteiger partial charge in [-0.25, -0.2) is 4.79 Å². The summed E-state index contributed by atoms with van der Waals surface area (Å²) < 4.78 is 4.67. The summed E-state index contributed by atoms with van der Waals surface area (Å²) in [6.07, 6.45) is 0. The molecule has 0 aliphatic carbocycles. The molecule has 2 rings (SSSR count). The molecule has 1 N–H and O–H groups in total. The molecule has 0 radical (unpaired) electrons. The van der Waals surface area contributed by atoms with Crippen molar-refractivity contribution in [2.24, 2.45) is 0 Å². The second kappa shape index (κ2) is 5.00. The first kappa shape index (κ1) is 12.9. The van der Waals surface area contributed by atoms with Crippen molar-refractivity contribution in [1.82, 2.24) is 4.98 Å². The lowest BCUT2D eigenvalue weighted by Gasteiger charge is -2.00. The molecule has 0 atom stereocenters. The number of nitrogens with one attached hydrogen (secondary N) is 1. The molecule has 4 nitrogen and oxygen atoms in total. The van der Waals surface area contributed by atoms with Crippen LogP contribution in [0.25, 0.3) is 10.9 Å². The third kappa shape index (κ3) is 2.21. The number of aromatic amines is 1. The Bertz CT molecular complexity index is 634. The molecule has 0 saturated carbocycles. The summed E-state index contributed by atoms with van der Waals surface area (Å²) in [6, 6.07) is 4.88. The Morgan fingerprint density at radius 1 is 1.33 bits per heavy atom. The summed E-state index contributed by atoms with van der Waals surface area (Å²) in [5, 5.41) is 1.16. The molecule has 0 saturated heterocycles. The summed E-state index contributed by atoms with van der Waals surface area (Å²) in [6.45, 7) is 1.76. The first-order valence-corrected chi connectivity index (χ1v) is 5.98. The lowest BCUT2D eigenvalue weighted by atomic mass is 10.1. The van der Waals surface area contributed by atoms with Gasteiger partial charge in [0.2, 0.25) is 0 Å². The van der Waals surface area contributed by atoms with Gasteiger partial charge < -0.3 is 9.72 Å². The number of aromatic nitrogens is 1. The number of hydrogen-bond acceptors (Lipinski definition) is 3. The van der Waals surface area contributed by atoms with Crippen molar-refractivity contribution < 1.29 is 14.3 Å². The van der Waals surface area contributed by atoms with E-state index in [0.717, 1.165) is 0 Å². The molecule has 0 unspecified atom stereocenters. The number of ketones is 1. The maximum absolute atomic E-state index is 11.9. The van der Waals surface area contributed by atoms with Gasteiger partial charge in [0.15, 0.2) is 0 Å². The van der Waals surface area contributed by atoms with Crippen LogP contribution in [0.2, 0.25) is 10.2 Å². The maximum atomic E-state index is 11.9. The number of carbonyl (C=O) groups is 2. The van der Waals surface area contributed by atoms with E-state index in [1.54, 1.807) is 25.1 Å². The molecule has 18 heavy (non-hydrogen) atoms. The highest BCUT2D eigenvalue weighted by molar-refractivity contribution is 6.48. The summed E-state index contributed by atoms with van der Waals surface area (Å²) in [5.74, 6) is -1.69. The molecule has 0 fully saturated rings. The highest BCUT2D eigenvalue weighted by Gasteiger charge is 2.24. The molecule has 0 aliphatic rings. The van der Waals surface area contributed by atoms with Crippen LogP contribution in [0.3, 0.4) is 0 Å². The number of ether oxygens (including phenoxy) is 1. The number of fused-ring (bicyclic) bond motifs is 1. The third-order valence-electron chi connectivity index (χ3n) is 2.40. The zero-order chi connectivity index (χ0) is 13.3. The van der Waals surface area contributed by atoms with Gasteiger partial charge in [-0.2, -0.15) is 0 Å². The van der Waals surface area contributed by atoms with Crippen LogP contribution >= 0.6 is 23.2 Å². The summed E-state index contributed by atoms with van der Waals surface area (Å²) in [5.41, 5.74) is 0.710. The van der Waals surface area contributed by atoms with E-state index < -0.39 is 11.8 Å². The molecule has 6 heteroatoms. The fourth-order valence-electron chi connectivity index (χ4n) is 1.66. The second-order valence-electron chi connectivity index (χ2n) is 3.55. The van der Waals surface area contributed by atoms with Crippen molar-refractivity contribution in [3.63, 3.8) is 0 Å². The number of benzene rings is 1. The van der Waals surface area contributed by atoms with Crippen molar-refractivity contribution in [3.05, 3.63) is 33.9 Å². The van der Waals surface area contributed by atoms with Gasteiger partial charge in [0, 0.05) is 15.9 Å². The molecule has 1 aromatic carbocycles. The fourth-order valence-corrected chi connectivity index (χ4v) is 2.12. The van der Waals surface area contributed by atoms with Crippen LogP contribution in [-0.2, 0) is 9.53 Å². The van der Waals surface area contributed by atoms with E-state index in [4.69, 9.17) is 23.2 Å². The van der Waals surface area contributed by atoms with Crippen molar-refractivity contribution in [2.75, 3.05) is 6.61 Å². The number of rotatable bonds is 3. The minimum Gasteiger partial charge on any atom is -0.460 e. The highest BCUT2D eigenvalue weighted by Crippen LogP contribution is 2.28. The summed E-state index contributed by atoms with van der Waals surface area (Å²) >= 11 is 11.8. The molecule has 1 heterocycles. The zero-order valence-electron chi connectivity index (χ0n) is 9.42. The van der Waals surface area contributed by atoms with Crippen LogP contribution < -0.4 is 0 Å². The van der Waals surface area contributed by atoms with Crippen molar-refractivity contribution in [2.45, 2.75) is 6.92 Å². The van der Waals surface area contributed by atoms with Gasteiger partial charge in [0.25, 0.3) is 5.78 Å². The topological polar surface area (TPSA) is 59.2 Å². The average molecular weight is 286 g/mol. The molecule has 0 bridgehead atoms. The first-order chi connectivity index (χ1) is 8.54. The molecule has 1 aromatic heterocycles. The van der Waals surface area contributed by atoms with Crippen LogP contribution in [-0.4, -0.2) is 23.3 Å². The number of esters is 1. The predicted octanol–water partition coefficient (Wildman–Crippen LogP) is 3.22. The van der Waals surface area contributed by atoms with Crippen molar-refractivity contribution in [1.29, 1.82) is 0 Å². The molecular formula is C12H9Cl2NO3. The average Bonchev–Trinajstić information content (AvgIpc) is 2.63. The first-order valence-electron chi connectivity index (χ1n) is 5.22. The normalized spacial score (nSPS) is 10.6. The van der Waals surface area contributed by atoms with Gasteiger partial charge >= 0.3 is 5.97 Å². The smallest absolute Gasteiger partial charge is 0.379 e. The van der Waals surface area contributed by atoms with Crippen LogP contribution in [0.4, 0.5) is 0 Å². The molecule has 94 valence electrons. The largest absolute Gasteiger partial charge is 0.460 e. The number of carbonyl (C=O) groups excluding carboxylic acids is 2. The van der Waals surface area contributed by atoms with Gasteiger partial charge in [-0.05, 0) is 19.1 Å². The Kier molecular flexibility index (Phi) is 3.59. The van der Waals surface area contributed by atoms with Crippen LogP contribution in [0.15, 0.2) is 18.2 Å². The Balaban J connectivity index is 2.54. The van der Waals surface area contributed by atoms with E-state index >= 15 is 0 Å². The van der Waals surface area contributed by atoms with Crippen molar-refractivity contribution in [3.8, 4) is 0 Å². The fraction of sp³-hybridized carbons (Fsp3) is 0.167. The number of halogens is 2. The Labute approximate surface area is 113 Å². The maximum Gasteiger partial charge on any atom is 0.379 e. The number of hydrogen-bond donors (Lipinski definition) is 1. The lowest BCUT2D eigenvalue weighted by Crippen LogP contribution is -2.17. The van der Waals surface area contributed by atoms with Gasteiger partial charge in [0.1, 0.15) is 5.15 Å². The van der Waals surface area contributed by atoms with Crippen LogP contribution in [0.1, 0.15) is 17.3 Å². The lowest BCUT2D eigenvalue weighted by molar-refractivity contribution is -0.137. The molecule has 2 aromatic rings. The summed E-state index contributed by atoms with van der Waals surface area (Å²) in [4.78, 5) is 26.1. The van der Waals surface area contributed by atoms with Crippen LogP contribution in [0.5, 0.6) is 0 Å². The molecule has 0 aliphatic heterocycles. The predicted molar refractivity (Wildman–Crippen MR) is 69.3 cm³/mol. The minimum atomic E-state index is -0.921. The van der Waals surface area contributed by atoms with E-state index in [1.807, 2.05) is 0 Å². The van der Waals surface area contributed by atoms with Crippen molar-refractivity contribution >= 4 is 45.9 Å². The third-order valence-corrected chi connectivity index (χ3v) is 2.92. The highest BCUT2D eigenvalue weighted by atomic mass is 35.5. The van der Waals surface area contributed by atoms with E-state index in [-0.39, 0.29) is 17.3 Å². The SMILES string of the molecule is CCOC(=O)C(=O)c1c(Cl)[nH]c2cc(Cl)ccc12.